The largest absolute Gasteiger partial charge is 0.465 e. The van der Waals surface area contributed by atoms with Crippen LogP contribution in [0.3, 0.4) is 0 Å². The molecule has 5 nitrogen and oxygen atoms in total. The first-order valence-corrected chi connectivity index (χ1v) is 10.5. The number of ether oxygens (including phenoxy) is 2. The number of halogens is 1. The lowest BCUT2D eigenvalue weighted by molar-refractivity contribution is -0.217. The molecular formula is C20H28INO4. The van der Waals surface area contributed by atoms with E-state index in [-0.39, 0.29) is 12.8 Å². The molecule has 6 heteroatoms. The molecule has 1 amide bonds. The maximum absolute atomic E-state index is 12.5. The van der Waals surface area contributed by atoms with Crippen molar-refractivity contribution in [3.63, 3.8) is 0 Å². The van der Waals surface area contributed by atoms with Crippen LogP contribution in [0.2, 0.25) is 0 Å². The fraction of sp³-hybridized carbons (Fsp3) is 0.650. The van der Waals surface area contributed by atoms with Crippen LogP contribution in [0.1, 0.15) is 51.0 Å². The van der Waals surface area contributed by atoms with Gasteiger partial charge in [-0.05, 0) is 66.2 Å². The van der Waals surface area contributed by atoms with E-state index >= 15 is 0 Å². The lowest BCUT2D eigenvalue weighted by Crippen LogP contribution is -2.57. The Hall–Kier alpha value is -0.860. The maximum atomic E-state index is 12.5. The first-order chi connectivity index (χ1) is 12.5. The molecule has 0 saturated heterocycles. The fourth-order valence-electron chi connectivity index (χ4n) is 4.97. The minimum absolute atomic E-state index is 0.0191. The number of nitrogens with zero attached hydrogens (tertiary/aromatic N) is 1. The molecule has 2 fully saturated rings. The first-order valence-electron chi connectivity index (χ1n) is 9.43. The number of rotatable bonds is 8. The van der Waals surface area contributed by atoms with Gasteiger partial charge in [-0.1, -0.05) is 38.0 Å². The third-order valence-electron chi connectivity index (χ3n) is 5.93. The van der Waals surface area contributed by atoms with E-state index in [9.17, 15) is 9.90 Å². The van der Waals surface area contributed by atoms with Gasteiger partial charge in [-0.2, -0.15) is 0 Å². The summed E-state index contributed by atoms with van der Waals surface area (Å²) in [4.78, 5) is 14.2. The van der Waals surface area contributed by atoms with Gasteiger partial charge < -0.3 is 14.6 Å². The van der Waals surface area contributed by atoms with E-state index in [1.54, 1.807) is 12.0 Å². The van der Waals surface area contributed by atoms with E-state index in [4.69, 9.17) is 9.47 Å². The van der Waals surface area contributed by atoms with E-state index in [1.165, 1.54) is 6.42 Å². The van der Waals surface area contributed by atoms with E-state index < -0.39 is 11.8 Å². The average Bonchev–Trinajstić information content (AvgIpc) is 3.23. The Bertz CT molecular complexity index is 640. The highest BCUT2D eigenvalue weighted by Gasteiger charge is 2.53. The number of hydrogen-bond acceptors (Lipinski definition) is 3. The van der Waals surface area contributed by atoms with Gasteiger partial charge in [-0.25, -0.2) is 4.79 Å². The van der Waals surface area contributed by atoms with Crippen LogP contribution in [0.15, 0.2) is 24.3 Å². The summed E-state index contributed by atoms with van der Waals surface area (Å²) in [5, 5.41) is 10.3. The number of benzene rings is 1. The van der Waals surface area contributed by atoms with E-state index in [0.29, 0.717) is 18.3 Å². The third-order valence-corrected chi connectivity index (χ3v) is 6.87. The number of carboxylic acid groups (broad SMARTS) is 1. The molecule has 4 atom stereocenters. The number of methoxy groups -OCH3 is 1. The molecule has 0 radical (unpaired) electrons. The zero-order valence-corrected chi connectivity index (χ0v) is 17.6. The molecule has 1 aromatic rings. The zero-order valence-electron chi connectivity index (χ0n) is 15.5. The molecule has 26 heavy (non-hydrogen) atoms. The summed E-state index contributed by atoms with van der Waals surface area (Å²) in [6, 6.07) is 7.96. The molecule has 0 spiro atoms. The Morgan fingerprint density at radius 1 is 1.35 bits per heavy atom. The molecule has 1 N–H and O–H groups in total. The van der Waals surface area contributed by atoms with Crippen LogP contribution < -0.4 is 0 Å². The van der Waals surface area contributed by atoms with Crippen molar-refractivity contribution in [3.05, 3.63) is 33.4 Å². The summed E-state index contributed by atoms with van der Waals surface area (Å²) in [6.45, 7) is 2.14. The predicted molar refractivity (Wildman–Crippen MR) is 108 cm³/mol. The predicted octanol–water partition coefficient (Wildman–Crippen LogP) is 5.03. The third kappa shape index (κ3) is 3.60. The molecule has 2 aliphatic carbocycles. The standard InChI is InChI=1S/C20H28INO4/c1-3-10-20(26-13-25-2,16-6-4-5-7-17(16)21)22(19(23)24)18-12-14-8-9-15(18)11-14/h4-7,14-15,18H,3,8-13H2,1-2H3,(H,23,24)/t14?,15?,18?,20-/m0/s1. The van der Waals surface area contributed by atoms with Crippen LogP contribution in [0.25, 0.3) is 0 Å². The minimum atomic E-state index is -1.01. The minimum Gasteiger partial charge on any atom is -0.465 e. The van der Waals surface area contributed by atoms with Crippen LogP contribution in [0, 0.1) is 15.4 Å². The molecule has 0 aliphatic heterocycles. The highest BCUT2D eigenvalue weighted by atomic mass is 127. The van der Waals surface area contributed by atoms with Gasteiger partial charge in [-0.15, -0.1) is 0 Å². The zero-order chi connectivity index (χ0) is 18.7. The van der Waals surface area contributed by atoms with E-state index in [1.807, 2.05) is 24.3 Å². The molecule has 3 unspecified atom stereocenters. The van der Waals surface area contributed by atoms with Gasteiger partial charge >= 0.3 is 6.09 Å². The van der Waals surface area contributed by atoms with Crippen molar-refractivity contribution in [3.8, 4) is 0 Å². The Kier molecular flexibility index (Phi) is 6.45. The van der Waals surface area contributed by atoms with Crippen LogP contribution in [-0.2, 0) is 15.2 Å². The van der Waals surface area contributed by atoms with Gasteiger partial charge in [0.25, 0.3) is 0 Å². The highest BCUT2D eigenvalue weighted by Crippen LogP contribution is 2.51. The lowest BCUT2D eigenvalue weighted by atomic mass is 9.88. The Morgan fingerprint density at radius 3 is 2.65 bits per heavy atom. The van der Waals surface area contributed by atoms with Crippen LogP contribution >= 0.6 is 22.6 Å². The molecule has 2 saturated carbocycles. The van der Waals surface area contributed by atoms with E-state index in [0.717, 1.165) is 34.8 Å². The molecule has 3 rings (SSSR count). The normalized spacial score (nSPS) is 26.7. The molecule has 1 aromatic carbocycles. The van der Waals surface area contributed by atoms with Crippen molar-refractivity contribution < 1.29 is 19.4 Å². The molecule has 144 valence electrons. The Balaban J connectivity index is 2.09. The summed E-state index contributed by atoms with van der Waals surface area (Å²) in [5.74, 6) is 1.10. The van der Waals surface area contributed by atoms with Gasteiger partial charge in [-0.3, -0.25) is 4.90 Å². The first kappa shape index (κ1) is 19.9. The second kappa shape index (κ2) is 8.44. The van der Waals surface area contributed by atoms with Crippen molar-refractivity contribution in [1.82, 2.24) is 4.90 Å². The summed E-state index contributed by atoms with van der Waals surface area (Å²) < 4.78 is 12.5. The van der Waals surface area contributed by atoms with Crippen LogP contribution in [-0.4, -0.2) is 36.0 Å². The number of amides is 1. The molecule has 2 bridgehead atoms. The van der Waals surface area contributed by atoms with Gasteiger partial charge in [0, 0.05) is 22.3 Å². The summed E-state index contributed by atoms with van der Waals surface area (Å²) in [5.41, 5.74) is -0.0894. The van der Waals surface area contributed by atoms with Crippen molar-refractivity contribution in [2.45, 2.75) is 57.2 Å². The van der Waals surface area contributed by atoms with Crippen molar-refractivity contribution in [1.29, 1.82) is 0 Å². The second-order valence-electron chi connectivity index (χ2n) is 7.46. The fourth-order valence-corrected chi connectivity index (χ4v) is 5.78. The van der Waals surface area contributed by atoms with Crippen molar-refractivity contribution in [2.24, 2.45) is 11.8 Å². The lowest BCUT2D eigenvalue weighted by Gasteiger charge is -2.47. The highest BCUT2D eigenvalue weighted by molar-refractivity contribution is 14.1. The number of carbonyl (C=O) groups is 1. The Morgan fingerprint density at radius 2 is 2.12 bits per heavy atom. The maximum Gasteiger partial charge on any atom is 0.410 e. The second-order valence-corrected chi connectivity index (χ2v) is 8.62. The molecule has 0 heterocycles. The smallest absolute Gasteiger partial charge is 0.410 e. The van der Waals surface area contributed by atoms with Gasteiger partial charge in [0.1, 0.15) is 6.79 Å². The van der Waals surface area contributed by atoms with Crippen molar-refractivity contribution in [2.75, 3.05) is 13.9 Å². The van der Waals surface area contributed by atoms with E-state index in [2.05, 4.69) is 29.5 Å². The monoisotopic (exact) mass is 473 g/mol. The van der Waals surface area contributed by atoms with Gasteiger partial charge in [0.2, 0.25) is 0 Å². The molecule has 2 aliphatic rings. The van der Waals surface area contributed by atoms with Crippen LogP contribution in [0.5, 0.6) is 0 Å². The van der Waals surface area contributed by atoms with Gasteiger partial charge in [0.15, 0.2) is 5.72 Å². The van der Waals surface area contributed by atoms with Crippen molar-refractivity contribution >= 4 is 28.7 Å². The topological polar surface area (TPSA) is 59.0 Å². The average molecular weight is 473 g/mol. The summed E-state index contributed by atoms with van der Waals surface area (Å²) >= 11 is 2.28. The molecular weight excluding hydrogens is 445 g/mol. The SMILES string of the molecule is CCC[C@](OCOC)(c1ccccc1I)N(C(=O)O)C1CC2CCC1C2. The van der Waals surface area contributed by atoms with Crippen LogP contribution in [0.4, 0.5) is 4.79 Å². The van der Waals surface area contributed by atoms with Gasteiger partial charge in [0.05, 0.1) is 0 Å². The quantitative estimate of drug-likeness (QED) is 0.425. The number of hydrogen-bond donors (Lipinski definition) is 1. The summed E-state index contributed by atoms with van der Waals surface area (Å²) in [7, 11) is 1.58. The summed E-state index contributed by atoms with van der Waals surface area (Å²) in [6.07, 6.45) is 4.98. The molecule has 0 aromatic heterocycles. The Labute approximate surface area is 169 Å². The number of fused-ring (bicyclic) bond motifs is 2.